The van der Waals surface area contributed by atoms with Crippen LogP contribution in [0.1, 0.15) is 5.82 Å². The highest BCUT2D eigenvalue weighted by molar-refractivity contribution is 6.40. The summed E-state index contributed by atoms with van der Waals surface area (Å²) in [7, 11) is 1.91. The van der Waals surface area contributed by atoms with E-state index in [0.29, 0.717) is 20.8 Å². The Labute approximate surface area is 143 Å². The lowest BCUT2D eigenvalue weighted by atomic mass is 10.2. The van der Waals surface area contributed by atoms with Crippen molar-refractivity contribution < 1.29 is 4.68 Å². The third kappa shape index (κ3) is 2.60. The highest BCUT2D eigenvalue weighted by Gasteiger charge is 2.26. The van der Waals surface area contributed by atoms with Gasteiger partial charge in [-0.2, -0.15) is 4.68 Å². The molecule has 0 fully saturated rings. The first-order chi connectivity index (χ1) is 10.5. The Hall–Kier alpha value is -1.55. The van der Waals surface area contributed by atoms with Gasteiger partial charge in [0.25, 0.3) is 5.82 Å². The maximum atomic E-state index is 6.38. The van der Waals surface area contributed by atoms with Gasteiger partial charge in [-0.1, -0.05) is 53.0 Å². The largest absolute Gasteiger partial charge is 0.316 e. The minimum Gasteiger partial charge on any atom is -0.152 e. The first-order valence-electron chi connectivity index (χ1n) is 6.65. The molecule has 22 heavy (non-hydrogen) atoms. The van der Waals surface area contributed by atoms with Crippen molar-refractivity contribution in [3.05, 3.63) is 63.4 Å². The van der Waals surface area contributed by atoms with Crippen LogP contribution in [0.15, 0.2) is 42.5 Å². The van der Waals surface area contributed by atoms with Gasteiger partial charge in [0.1, 0.15) is 12.7 Å². The molecule has 0 saturated carbocycles. The van der Waals surface area contributed by atoms with Gasteiger partial charge in [0, 0.05) is 17.5 Å². The molecule has 0 spiro atoms. The van der Waals surface area contributed by atoms with E-state index in [1.807, 2.05) is 53.7 Å². The number of rotatable bonds is 2. The normalized spacial score (nSPS) is 11.0. The van der Waals surface area contributed by atoms with Crippen LogP contribution in [0.3, 0.4) is 0 Å². The van der Waals surface area contributed by atoms with Crippen LogP contribution in [0.2, 0.25) is 15.1 Å². The van der Waals surface area contributed by atoms with Crippen molar-refractivity contribution in [2.24, 2.45) is 7.05 Å². The Bertz CT molecular complexity index is 818. The smallest absolute Gasteiger partial charge is 0.152 e. The van der Waals surface area contributed by atoms with Crippen LogP contribution < -0.4 is 4.68 Å². The molecule has 0 aliphatic carbocycles. The molecule has 0 saturated heterocycles. The Morgan fingerprint density at radius 3 is 2.18 bits per heavy atom. The topological polar surface area (TPSA) is 21.7 Å². The summed E-state index contributed by atoms with van der Waals surface area (Å²) in [6, 6.07) is 13.2. The van der Waals surface area contributed by atoms with E-state index in [0.717, 1.165) is 17.2 Å². The van der Waals surface area contributed by atoms with Gasteiger partial charge in [-0.15, -0.1) is 4.68 Å². The van der Waals surface area contributed by atoms with E-state index in [4.69, 9.17) is 34.8 Å². The van der Waals surface area contributed by atoms with Crippen molar-refractivity contribution in [2.75, 3.05) is 0 Å². The summed E-state index contributed by atoms with van der Waals surface area (Å²) >= 11 is 18.8. The predicted octanol–water partition coefficient (Wildman–Crippen LogP) is 4.63. The molecule has 0 radical (unpaired) electrons. The zero-order chi connectivity index (χ0) is 15.9. The summed E-state index contributed by atoms with van der Waals surface area (Å²) in [5.74, 6) is 1.62. The standard InChI is InChI=1S/C16H13Cl3N3/c1-10-20-16(11-6-4-3-5-7-11)22(21(10)2)15-13(18)8-12(17)9-14(15)19/h3-9H,1-2H3/q+1. The van der Waals surface area contributed by atoms with Crippen LogP contribution in [-0.2, 0) is 7.05 Å². The SMILES string of the molecule is Cc1nc(-c2ccccc2)n(-c2c(Cl)cc(Cl)cc2Cl)[n+]1C. The number of aromatic nitrogens is 3. The van der Waals surface area contributed by atoms with Crippen molar-refractivity contribution in [1.82, 2.24) is 9.67 Å². The van der Waals surface area contributed by atoms with Gasteiger partial charge in [0.05, 0.1) is 10.0 Å². The second kappa shape index (κ2) is 5.92. The maximum Gasteiger partial charge on any atom is 0.316 e. The summed E-state index contributed by atoms with van der Waals surface area (Å²) in [5.41, 5.74) is 1.64. The molecule has 2 aromatic carbocycles. The third-order valence-corrected chi connectivity index (χ3v) is 4.26. The number of hydrogen-bond acceptors (Lipinski definition) is 1. The molecular formula is C16H13Cl3N3+. The monoisotopic (exact) mass is 352 g/mol. The lowest BCUT2D eigenvalue weighted by Gasteiger charge is -2.10. The van der Waals surface area contributed by atoms with Gasteiger partial charge in [-0.05, 0) is 29.2 Å². The van der Waals surface area contributed by atoms with Crippen LogP contribution >= 0.6 is 34.8 Å². The van der Waals surface area contributed by atoms with Crippen molar-refractivity contribution in [2.45, 2.75) is 6.92 Å². The second-order valence-corrected chi connectivity index (χ2v) is 6.15. The molecule has 0 aliphatic rings. The number of hydrogen-bond donors (Lipinski definition) is 0. The van der Waals surface area contributed by atoms with Gasteiger partial charge in [0.15, 0.2) is 0 Å². The van der Waals surface area contributed by atoms with Gasteiger partial charge in [-0.25, -0.2) is 0 Å². The average molecular weight is 354 g/mol. The van der Waals surface area contributed by atoms with Crippen molar-refractivity contribution in [3.8, 4) is 17.1 Å². The molecule has 1 heterocycles. The summed E-state index contributed by atoms with van der Waals surface area (Å²) in [6.07, 6.45) is 0. The molecule has 0 bridgehead atoms. The van der Waals surface area contributed by atoms with Crippen molar-refractivity contribution in [3.63, 3.8) is 0 Å². The third-order valence-electron chi connectivity index (χ3n) is 3.46. The lowest BCUT2D eigenvalue weighted by molar-refractivity contribution is -0.750. The highest BCUT2D eigenvalue weighted by atomic mass is 35.5. The van der Waals surface area contributed by atoms with Crippen LogP contribution in [0, 0.1) is 6.92 Å². The maximum absolute atomic E-state index is 6.38. The second-order valence-electron chi connectivity index (χ2n) is 4.90. The number of nitrogens with zero attached hydrogens (tertiary/aromatic N) is 3. The van der Waals surface area contributed by atoms with Gasteiger partial charge < -0.3 is 0 Å². The van der Waals surface area contributed by atoms with Crippen LogP contribution in [0.5, 0.6) is 0 Å². The highest BCUT2D eigenvalue weighted by Crippen LogP contribution is 2.33. The molecular weight excluding hydrogens is 341 g/mol. The van der Waals surface area contributed by atoms with Crippen molar-refractivity contribution >= 4 is 34.8 Å². The van der Waals surface area contributed by atoms with Gasteiger partial charge in [0.2, 0.25) is 0 Å². The predicted molar refractivity (Wildman–Crippen MR) is 89.9 cm³/mol. The first kappa shape index (κ1) is 15.3. The van der Waals surface area contributed by atoms with Crippen LogP contribution in [0.4, 0.5) is 0 Å². The fraction of sp³-hybridized carbons (Fsp3) is 0.125. The zero-order valence-electron chi connectivity index (χ0n) is 12.0. The molecule has 0 N–H and O–H groups in total. The minimum absolute atomic E-state index is 0.475. The van der Waals surface area contributed by atoms with Crippen LogP contribution in [-0.4, -0.2) is 9.67 Å². The van der Waals surface area contributed by atoms with E-state index < -0.39 is 0 Å². The summed E-state index contributed by atoms with van der Waals surface area (Å²) in [5, 5.41) is 1.45. The minimum atomic E-state index is 0.475. The number of benzene rings is 2. The molecule has 3 nitrogen and oxygen atoms in total. The van der Waals surface area contributed by atoms with Gasteiger partial charge in [-0.3, -0.25) is 0 Å². The molecule has 0 atom stereocenters. The van der Waals surface area contributed by atoms with E-state index in [1.165, 1.54) is 0 Å². The Morgan fingerprint density at radius 1 is 1.00 bits per heavy atom. The van der Waals surface area contributed by atoms with Crippen LogP contribution in [0.25, 0.3) is 17.1 Å². The Balaban J connectivity index is 2.33. The van der Waals surface area contributed by atoms with E-state index >= 15 is 0 Å². The molecule has 0 amide bonds. The first-order valence-corrected chi connectivity index (χ1v) is 7.78. The fourth-order valence-electron chi connectivity index (χ4n) is 2.33. The molecule has 0 unspecified atom stereocenters. The lowest BCUT2D eigenvalue weighted by Crippen LogP contribution is -2.40. The summed E-state index contributed by atoms with van der Waals surface area (Å²) in [4.78, 5) is 4.64. The fourth-order valence-corrected chi connectivity index (χ4v) is 3.30. The van der Waals surface area contributed by atoms with E-state index in [-0.39, 0.29) is 0 Å². The molecule has 1 aromatic heterocycles. The number of halogens is 3. The zero-order valence-corrected chi connectivity index (χ0v) is 14.3. The molecule has 6 heteroatoms. The van der Waals surface area contributed by atoms with Gasteiger partial charge >= 0.3 is 5.82 Å². The summed E-state index contributed by atoms with van der Waals surface area (Å²) in [6.45, 7) is 1.93. The quantitative estimate of drug-likeness (QED) is 0.615. The molecule has 3 rings (SSSR count). The molecule has 112 valence electrons. The van der Waals surface area contributed by atoms with E-state index in [2.05, 4.69) is 4.98 Å². The molecule has 0 aliphatic heterocycles. The Morgan fingerprint density at radius 2 is 1.59 bits per heavy atom. The van der Waals surface area contributed by atoms with E-state index in [9.17, 15) is 0 Å². The number of aryl methyl sites for hydroxylation is 1. The van der Waals surface area contributed by atoms with Crippen molar-refractivity contribution in [1.29, 1.82) is 0 Å². The summed E-state index contributed by atoms with van der Waals surface area (Å²) < 4.78 is 3.80. The average Bonchev–Trinajstić information content (AvgIpc) is 2.76. The van der Waals surface area contributed by atoms with E-state index in [1.54, 1.807) is 12.1 Å². The Kier molecular flexibility index (Phi) is 4.13. The molecule has 3 aromatic rings.